The van der Waals surface area contributed by atoms with Crippen molar-refractivity contribution in [2.45, 2.75) is 361 Å². The topological polar surface area (TPSA) is 78.9 Å². The molecule has 0 rings (SSSR count). The van der Waals surface area contributed by atoms with Gasteiger partial charge in [-0.05, 0) is 77.0 Å². The van der Waals surface area contributed by atoms with Crippen LogP contribution in [0.25, 0.3) is 0 Å². The van der Waals surface area contributed by atoms with Gasteiger partial charge in [-0.3, -0.25) is 14.4 Å². The molecule has 0 heterocycles. The van der Waals surface area contributed by atoms with E-state index < -0.39 is 6.10 Å². The summed E-state index contributed by atoms with van der Waals surface area (Å²) in [6.45, 7) is 6.58. The lowest BCUT2D eigenvalue weighted by Gasteiger charge is -2.18. The first kappa shape index (κ1) is 72.4. The van der Waals surface area contributed by atoms with Crippen molar-refractivity contribution >= 4 is 17.9 Å². The van der Waals surface area contributed by atoms with Crippen LogP contribution in [0.5, 0.6) is 0 Å². The molecule has 0 amide bonds. The predicted molar refractivity (Wildman–Crippen MR) is 325 cm³/mol. The first-order valence-electron chi connectivity index (χ1n) is 33.1. The summed E-state index contributed by atoms with van der Waals surface area (Å²) >= 11 is 0. The highest BCUT2D eigenvalue weighted by Crippen LogP contribution is 2.18. The second-order valence-electron chi connectivity index (χ2n) is 22.4. The molecule has 6 nitrogen and oxygen atoms in total. The molecule has 0 saturated heterocycles. The number of ether oxygens (including phenoxy) is 3. The zero-order valence-electron chi connectivity index (χ0n) is 50.3. The van der Waals surface area contributed by atoms with Crippen molar-refractivity contribution in [3.05, 3.63) is 48.6 Å². The van der Waals surface area contributed by atoms with Gasteiger partial charge in [-0.1, -0.05) is 307 Å². The number of esters is 3. The lowest BCUT2D eigenvalue weighted by atomic mass is 10.0. The van der Waals surface area contributed by atoms with Gasteiger partial charge in [0.25, 0.3) is 0 Å². The summed E-state index contributed by atoms with van der Waals surface area (Å²) < 4.78 is 17.0. The molecule has 0 radical (unpaired) electrons. The molecule has 0 bridgehead atoms. The van der Waals surface area contributed by atoms with E-state index >= 15 is 0 Å². The fraction of sp³-hybridized carbons (Fsp3) is 0.841. The van der Waals surface area contributed by atoms with Crippen molar-refractivity contribution in [3.8, 4) is 0 Å². The Hall–Kier alpha value is -2.63. The van der Waals surface area contributed by atoms with Crippen LogP contribution in [0.3, 0.4) is 0 Å². The van der Waals surface area contributed by atoms with Gasteiger partial charge in [-0.25, -0.2) is 0 Å². The Kier molecular flexibility index (Phi) is 61.7. The lowest BCUT2D eigenvalue weighted by molar-refractivity contribution is -0.167. The summed E-state index contributed by atoms with van der Waals surface area (Å²) in [6, 6.07) is 0. The Morgan fingerprint density at radius 2 is 0.520 bits per heavy atom. The molecular formula is C69H126O6. The number of carbonyl (C=O) groups is 3. The normalized spacial score (nSPS) is 12.3. The van der Waals surface area contributed by atoms with Gasteiger partial charge in [0.15, 0.2) is 6.10 Å². The van der Waals surface area contributed by atoms with Gasteiger partial charge in [0.05, 0.1) is 0 Å². The van der Waals surface area contributed by atoms with Crippen molar-refractivity contribution in [3.63, 3.8) is 0 Å². The van der Waals surface area contributed by atoms with Crippen molar-refractivity contribution in [1.29, 1.82) is 0 Å². The van der Waals surface area contributed by atoms with Crippen LogP contribution in [0.2, 0.25) is 0 Å². The van der Waals surface area contributed by atoms with E-state index in [1.54, 1.807) is 0 Å². The molecule has 75 heavy (non-hydrogen) atoms. The molecule has 1 atom stereocenters. The van der Waals surface area contributed by atoms with E-state index in [0.29, 0.717) is 19.3 Å². The van der Waals surface area contributed by atoms with E-state index in [1.807, 2.05) is 0 Å². The van der Waals surface area contributed by atoms with Crippen molar-refractivity contribution in [2.24, 2.45) is 0 Å². The third-order valence-electron chi connectivity index (χ3n) is 14.8. The lowest BCUT2D eigenvalue weighted by Crippen LogP contribution is -2.30. The van der Waals surface area contributed by atoms with Gasteiger partial charge in [0.1, 0.15) is 13.2 Å². The molecular weight excluding hydrogens is 925 g/mol. The van der Waals surface area contributed by atoms with E-state index in [1.165, 1.54) is 231 Å². The van der Waals surface area contributed by atoms with Gasteiger partial charge >= 0.3 is 17.9 Å². The summed E-state index contributed by atoms with van der Waals surface area (Å²) in [6.07, 6.45) is 79.8. The second-order valence-corrected chi connectivity index (χ2v) is 22.4. The van der Waals surface area contributed by atoms with Gasteiger partial charge in [-0.15, -0.1) is 0 Å². The monoisotopic (exact) mass is 1050 g/mol. The summed E-state index contributed by atoms with van der Waals surface area (Å²) in [5.41, 5.74) is 0. The number of carbonyl (C=O) groups excluding carboxylic acids is 3. The van der Waals surface area contributed by atoms with Crippen LogP contribution in [-0.4, -0.2) is 37.2 Å². The van der Waals surface area contributed by atoms with E-state index in [4.69, 9.17) is 14.2 Å². The van der Waals surface area contributed by atoms with E-state index in [2.05, 4.69) is 69.4 Å². The predicted octanol–water partition coefficient (Wildman–Crippen LogP) is 22.6. The SMILES string of the molecule is CC/C=C\C/C=C\C/C=C\CCCCCCCCCC(=O)OCC(COC(=O)CCCCCCCCCCCCCCCCCCCCCCC)OC(=O)CCCCCCCCCCC/C=C\CCCCCCCC. The molecule has 438 valence electrons. The van der Waals surface area contributed by atoms with Crippen LogP contribution in [0, 0.1) is 0 Å². The fourth-order valence-corrected chi connectivity index (χ4v) is 9.87. The van der Waals surface area contributed by atoms with Crippen LogP contribution in [0.4, 0.5) is 0 Å². The highest BCUT2D eigenvalue weighted by atomic mass is 16.6. The summed E-state index contributed by atoms with van der Waals surface area (Å²) in [5, 5.41) is 0. The van der Waals surface area contributed by atoms with Gasteiger partial charge in [0, 0.05) is 19.3 Å². The maximum absolute atomic E-state index is 12.9. The van der Waals surface area contributed by atoms with E-state index in [-0.39, 0.29) is 31.1 Å². The van der Waals surface area contributed by atoms with Crippen molar-refractivity contribution in [1.82, 2.24) is 0 Å². The Balaban J connectivity index is 4.33. The molecule has 0 N–H and O–H groups in total. The summed E-state index contributed by atoms with van der Waals surface area (Å²) in [5.74, 6) is -0.861. The van der Waals surface area contributed by atoms with Crippen LogP contribution < -0.4 is 0 Å². The van der Waals surface area contributed by atoms with E-state index in [0.717, 1.165) is 83.5 Å². The smallest absolute Gasteiger partial charge is 0.306 e. The quantitative estimate of drug-likeness (QED) is 0.0261. The van der Waals surface area contributed by atoms with Gasteiger partial charge in [0.2, 0.25) is 0 Å². The molecule has 0 spiro atoms. The average Bonchev–Trinajstić information content (AvgIpc) is 3.41. The maximum atomic E-state index is 12.9. The molecule has 1 unspecified atom stereocenters. The third-order valence-corrected chi connectivity index (χ3v) is 14.8. The molecule has 0 saturated carbocycles. The number of hydrogen-bond acceptors (Lipinski definition) is 6. The first-order valence-corrected chi connectivity index (χ1v) is 33.1. The van der Waals surface area contributed by atoms with Crippen LogP contribution >= 0.6 is 0 Å². The molecule has 0 aliphatic rings. The Bertz CT molecular complexity index is 1300. The fourth-order valence-electron chi connectivity index (χ4n) is 9.87. The highest BCUT2D eigenvalue weighted by molar-refractivity contribution is 5.71. The maximum Gasteiger partial charge on any atom is 0.306 e. The Morgan fingerprint density at radius 3 is 0.827 bits per heavy atom. The average molecular weight is 1050 g/mol. The molecule has 0 fully saturated rings. The van der Waals surface area contributed by atoms with Crippen LogP contribution in [-0.2, 0) is 28.6 Å². The second kappa shape index (κ2) is 63.9. The number of unbranched alkanes of at least 4 members (excludes halogenated alkanes) is 42. The number of hydrogen-bond donors (Lipinski definition) is 0. The standard InChI is InChI=1S/C69H126O6/c1-4-7-10-13-16-19-22-25-28-31-33-34-36-38-41-44-47-50-53-56-59-62-68(71)74-65-66(64-73-67(70)61-58-55-52-49-46-43-40-37-30-27-24-21-18-15-12-9-6-3)75-69(72)63-60-57-54-51-48-45-42-39-35-32-29-26-23-20-17-14-11-8-5-2/h9,12,18,21,26-27,29-30,66H,4-8,10-11,13-17,19-20,22-25,28,31-65H2,1-3H3/b12-9-,21-18-,29-26-,30-27-. The van der Waals surface area contributed by atoms with Gasteiger partial charge < -0.3 is 14.2 Å². The summed E-state index contributed by atoms with van der Waals surface area (Å²) in [4.78, 5) is 38.4. The number of allylic oxidation sites excluding steroid dienone is 8. The molecule has 6 heteroatoms. The minimum Gasteiger partial charge on any atom is -0.462 e. The molecule has 0 aromatic heterocycles. The van der Waals surface area contributed by atoms with Crippen LogP contribution in [0.1, 0.15) is 355 Å². The van der Waals surface area contributed by atoms with Crippen molar-refractivity contribution in [2.75, 3.05) is 13.2 Å². The first-order chi connectivity index (χ1) is 37.0. The van der Waals surface area contributed by atoms with Crippen LogP contribution in [0.15, 0.2) is 48.6 Å². The van der Waals surface area contributed by atoms with Gasteiger partial charge in [-0.2, -0.15) is 0 Å². The molecule has 0 aliphatic heterocycles. The molecule has 0 aliphatic carbocycles. The third kappa shape index (κ3) is 62.1. The van der Waals surface area contributed by atoms with E-state index in [9.17, 15) is 14.4 Å². The van der Waals surface area contributed by atoms with Crippen molar-refractivity contribution < 1.29 is 28.6 Å². The zero-order valence-corrected chi connectivity index (χ0v) is 50.3. The zero-order chi connectivity index (χ0) is 54.3. The molecule has 0 aromatic carbocycles. The Morgan fingerprint density at radius 1 is 0.280 bits per heavy atom. The minimum atomic E-state index is -0.778. The molecule has 0 aromatic rings. The minimum absolute atomic E-state index is 0.0730. The number of rotatable bonds is 61. The highest BCUT2D eigenvalue weighted by Gasteiger charge is 2.19. The Labute approximate surface area is 467 Å². The largest absolute Gasteiger partial charge is 0.462 e. The summed E-state index contributed by atoms with van der Waals surface area (Å²) in [7, 11) is 0.